The van der Waals surface area contributed by atoms with Gasteiger partial charge in [-0.2, -0.15) is 5.10 Å². The predicted octanol–water partition coefficient (Wildman–Crippen LogP) is 4.02. The van der Waals surface area contributed by atoms with Crippen molar-refractivity contribution < 1.29 is 9.50 Å². The van der Waals surface area contributed by atoms with Crippen LogP contribution in [0.4, 0.5) is 15.9 Å². The normalized spacial score (nSPS) is 11.0. The summed E-state index contributed by atoms with van der Waals surface area (Å²) in [6, 6.07) is 11.4. The highest BCUT2D eigenvalue weighted by atomic mass is 19.1. The van der Waals surface area contributed by atoms with Crippen molar-refractivity contribution in [2.45, 2.75) is 13.8 Å². The summed E-state index contributed by atoms with van der Waals surface area (Å²) in [5, 5.41) is 18.4. The standard InChI is InChI=1S/C19H16FN5O/c1-11-6-7-16(26)15(8-11)23-18-17-12(2)24-25(19(17)22-10-21-18)14-5-3-4-13(20)9-14/h3-10,26H,1-2H3,(H,21,22,23). The first-order chi connectivity index (χ1) is 12.5. The number of anilines is 2. The molecule has 2 N–H and O–H groups in total. The van der Waals surface area contributed by atoms with Crippen molar-refractivity contribution in [1.82, 2.24) is 19.7 Å². The summed E-state index contributed by atoms with van der Waals surface area (Å²) < 4.78 is 15.2. The summed E-state index contributed by atoms with van der Waals surface area (Å²) in [5.41, 5.74) is 3.37. The molecule has 0 aliphatic rings. The minimum Gasteiger partial charge on any atom is -0.506 e. The third-order valence-corrected chi connectivity index (χ3v) is 4.10. The van der Waals surface area contributed by atoms with Gasteiger partial charge in [-0.3, -0.25) is 0 Å². The molecule has 4 aromatic rings. The Morgan fingerprint density at radius 3 is 2.73 bits per heavy atom. The number of hydrogen-bond donors (Lipinski definition) is 2. The van der Waals surface area contributed by atoms with Crippen LogP contribution >= 0.6 is 0 Å². The van der Waals surface area contributed by atoms with Crippen LogP contribution in [0.15, 0.2) is 48.8 Å². The van der Waals surface area contributed by atoms with E-state index in [1.165, 1.54) is 18.5 Å². The smallest absolute Gasteiger partial charge is 0.168 e. The first kappa shape index (κ1) is 16.0. The number of nitrogens with zero attached hydrogens (tertiary/aromatic N) is 4. The van der Waals surface area contributed by atoms with Gasteiger partial charge >= 0.3 is 0 Å². The first-order valence-electron chi connectivity index (χ1n) is 8.06. The number of aromatic hydroxyl groups is 1. The first-order valence-corrected chi connectivity index (χ1v) is 8.06. The summed E-state index contributed by atoms with van der Waals surface area (Å²) in [6.45, 7) is 3.77. The molecule has 7 heteroatoms. The Morgan fingerprint density at radius 1 is 1.08 bits per heavy atom. The Balaban J connectivity index is 1.86. The third-order valence-electron chi connectivity index (χ3n) is 4.10. The van der Waals surface area contributed by atoms with E-state index in [2.05, 4.69) is 20.4 Å². The van der Waals surface area contributed by atoms with Crippen LogP contribution in [-0.2, 0) is 0 Å². The van der Waals surface area contributed by atoms with Gasteiger partial charge in [-0.25, -0.2) is 19.0 Å². The lowest BCUT2D eigenvalue weighted by molar-refractivity contribution is 0.477. The Hall–Kier alpha value is -3.48. The molecule has 0 aliphatic heterocycles. The van der Waals surface area contributed by atoms with Gasteiger partial charge in [0.2, 0.25) is 0 Å². The molecule has 0 spiro atoms. The number of halogens is 1. The molecule has 2 heterocycles. The summed E-state index contributed by atoms with van der Waals surface area (Å²) in [5.74, 6) is 0.300. The van der Waals surface area contributed by atoms with Crippen molar-refractivity contribution in [3.05, 3.63) is 65.9 Å². The average molecular weight is 349 g/mol. The maximum atomic E-state index is 13.6. The van der Waals surface area contributed by atoms with Crippen molar-refractivity contribution in [3.8, 4) is 11.4 Å². The van der Waals surface area contributed by atoms with Crippen molar-refractivity contribution in [3.63, 3.8) is 0 Å². The molecule has 2 aromatic carbocycles. The topological polar surface area (TPSA) is 75.9 Å². The highest BCUT2D eigenvalue weighted by molar-refractivity contribution is 5.92. The van der Waals surface area contributed by atoms with Crippen LogP contribution in [-0.4, -0.2) is 24.9 Å². The Kier molecular flexibility index (Phi) is 3.76. The molecule has 2 aromatic heterocycles. The number of benzene rings is 2. The second kappa shape index (κ2) is 6.11. The highest BCUT2D eigenvalue weighted by Gasteiger charge is 2.16. The second-order valence-electron chi connectivity index (χ2n) is 6.04. The second-order valence-corrected chi connectivity index (χ2v) is 6.04. The zero-order valence-electron chi connectivity index (χ0n) is 14.2. The van der Waals surface area contributed by atoms with E-state index in [9.17, 15) is 9.50 Å². The fourth-order valence-electron chi connectivity index (χ4n) is 2.88. The van der Waals surface area contributed by atoms with Crippen LogP contribution in [0.25, 0.3) is 16.7 Å². The van der Waals surface area contributed by atoms with Crippen LogP contribution in [0.1, 0.15) is 11.3 Å². The summed E-state index contributed by atoms with van der Waals surface area (Å²) in [6.07, 6.45) is 1.41. The molecule has 0 saturated carbocycles. The highest BCUT2D eigenvalue weighted by Crippen LogP contribution is 2.31. The number of fused-ring (bicyclic) bond motifs is 1. The number of aromatic nitrogens is 4. The van der Waals surface area contributed by atoms with E-state index in [1.807, 2.05) is 26.0 Å². The van der Waals surface area contributed by atoms with E-state index in [0.717, 1.165) is 5.56 Å². The lowest BCUT2D eigenvalue weighted by Crippen LogP contribution is -2.00. The van der Waals surface area contributed by atoms with E-state index < -0.39 is 0 Å². The van der Waals surface area contributed by atoms with E-state index in [-0.39, 0.29) is 11.6 Å². The Morgan fingerprint density at radius 2 is 1.92 bits per heavy atom. The molecule has 0 unspecified atom stereocenters. The summed E-state index contributed by atoms with van der Waals surface area (Å²) in [4.78, 5) is 8.61. The molecule has 0 aliphatic carbocycles. The molecular weight excluding hydrogens is 333 g/mol. The SMILES string of the molecule is Cc1ccc(O)c(Nc2ncnc3c2c(C)nn3-c2cccc(F)c2)c1. The third kappa shape index (κ3) is 2.73. The number of phenols is 1. The van der Waals surface area contributed by atoms with E-state index in [4.69, 9.17) is 0 Å². The fourth-order valence-corrected chi connectivity index (χ4v) is 2.88. The van der Waals surface area contributed by atoms with Crippen molar-refractivity contribution in [1.29, 1.82) is 0 Å². The van der Waals surface area contributed by atoms with Gasteiger partial charge in [0, 0.05) is 0 Å². The minimum absolute atomic E-state index is 0.123. The van der Waals surface area contributed by atoms with Gasteiger partial charge in [0.05, 0.1) is 22.5 Å². The van der Waals surface area contributed by atoms with Gasteiger partial charge in [-0.15, -0.1) is 0 Å². The van der Waals surface area contributed by atoms with Crippen LogP contribution in [0.5, 0.6) is 5.75 Å². The van der Waals surface area contributed by atoms with Gasteiger partial charge in [0.15, 0.2) is 5.65 Å². The lowest BCUT2D eigenvalue weighted by Gasteiger charge is -2.09. The van der Waals surface area contributed by atoms with Gasteiger partial charge in [0.25, 0.3) is 0 Å². The molecule has 0 fully saturated rings. The molecule has 0 atom stereocenters. The minimum atomic E-state index is -0.346. The van der Waals surface area contributed by atoms with E-state index >= 15 is 0 Å². The largest absolute Gasteiger partial charge is 0.506 e. The van der Waals surface area contributed by atoms with Gasteiger partial charge in [-0.1, -0.05) is 12.1 Å². The monoisotopic (exact) mass is 349 g/mol. The molecule has 4 rings (SSSR count). The molecule has 130 valence electrons. The zero-order chi connectivity index (χ0) is 18.3. The number of phenolic OH excluding ortho intramolecular Hbond substituents is 1. The van der Waals surface area contributed by atoms with Crippen LogP contribution in [0.3, 0.4) is 0 Å². The van der Waals surface area contributed by atoms with Crippen molar-refractivity contribution >= 4 is 22.5 Å². The van der Waals surface area contributed by atoms with Crippen molar-refractivity contribution in [2.75, 3.05) is 5.32 Å². The molecule has 0 bridgehead atoms. The van der Waals surface area contributed by atoms with Gasteiger partial charge < -0.3 is 10.4 Å². The number of rotatable bonds is 3. The fraction of sp³-hybridized carbons (Fsp3) is 0.105. The maximum Gasteiger partial charge on any atom is 0.168 e. The summed E-state index contributed by atoms with van der Waals surface area (Å²) >= 11 is 0. The molecule has 0 radical (unpaired) electrons. The van der Waals surface area contributed by atoms with Crippen LogP contribution < -0.4 is 5.32 Å². The van der Waals surface area contributed by atoms with E-state index in [0.29, 0.717) is 33.9 Å². The molecular formula is C19H16FN5O. The van der Waals surface area contributed by atoms with Crippen LogP contribution in [0, 0.1) is 19.7 Å². The maximum absolute atomic E-state index is 13.6. The van der Waals surface area contributed by atoms with Crippen molar-refractivity contribution in [2.24, 2.45) is 0 Å². The predicted molar refractivity (Wildman–Crippen MR) is 97.5 cm³/mol. The lowest BCUT2D eigenvalue weighted by atomic mass is 10.2. The summed E-state index contributed by atoms with van der Waals surface area (Å²) in [7, 11) is 0. The van der Waals surface area contributed by atoms with Gasteiger partial charge in [-0.05, 0) is 49.7 Å². The quantitative estimate of drug-likeness (QED) is 0.546. The zero-order valence-corrected chi connectivity index (χ0v) is 14.2. The number of aryl methyl sites for hydroxylation is 2. The Bertz CT molecular complexity index is 1120. The van der Waals surface area contributed by atoms with Gasteiger partial charge in [0.1, 0.15) is 23.7 Å². The molecule has 0 saturated heterocycles. The number of nitrogens with one attached hydrogen (secondary N) is 1. The molecule has 26 heavy (non-hydrogen) atoms. The molecule has 0 amide bonds. The Labute approximate surface area is 149 Å². The average Bonchev–Trinajstić information content (AvgIpc) is 2.96. The van der Waals surface area contributed by atoms with Crippen LogP contribution in [0.2, 0.25) is 0 Å². The number of hydrogen-bond acceptors (Lipinski definition) is 5. The van der Waals surface area contributed by atoms with E-state index in [1.54, 1.807) is 22.9 Å². The molecule has 6 nitrogen and oxygen atoms in total.